The molecule has 3 aliphatic rings. The van der Waals surface area contributed by atoms with Gasteiger partial charge in [0.2, 0.25) is 0 Å². The van der Waals surface area contributed by atoms with Gasteiger partial charge in [0.05, 0.1) is 18.6 Å². The zero-order valence-electron chi connectivity index (χ0n) is 69.3. The molecule has 6 atom stereocenters. The Labute approximate surface area is 578 Å². The summed E-state index contributed by atoms with van der Waals surface area (Å²) in [5, 5.41) is 19.0. The first-order valence-corrected chi connectivity index (χ1v) is 37.2. The van der Waals surface area contributed by atoms with Gasteiger partial charge in [-0.25, -0.2) is 0 Å². The van der Waals surface area contributed by atoms with Gasteiger partial charge in [-0.15, -0.1) is 13.2 Å². The Morgan fingerprint density at radius 3 is 1.24 bits per heavy atom. The van der Waals surface area contributed by atoms with E-state index in [0.29, 0.717) is 72.9 Å². The van der Waals surface area contributed by atoms with Gasteiger partial charge >= 0.3 is 0 Å². The molecule has 0 aromatic rings. The average Bonchev–Trinajstić information content (AvgIpc) is 1.02. The lowest BCUT2D eigenvalue weighted by atomic mass is 9.61. The van der Waals surface area contributed by atoms with Crippen LogP contribution in [0.2, 0.25) is 0 Å². The van der Waals surface area contributed by atoms with Crippen LogP contribution < -0.4 is 0 Å². The van der Waals surface area contributed by atoms with Gasteiger partial charge in [-0.3, -0.25) is 0 Å². The molecule has 0 saturated heterocycles. The fourth-order valence-electron chi connectivity index (χ4n) is 11.9. The summed E-state index contributed by atoms with van der Waals surface area (Å²) in [5.41, 5.74) is 9.25. The summed E-state index contributed by atoms with van der Waals surface area (Å²) in [6.45, 7) is 95.7. The lowest BCUT2D eigenvalue weighted by Crippen LogP contribution is -2.35. The van der Waals surface area contributed by atoms with Crippen molar-refractivity contribution in [2.75, 3.05) is 13.2 Å². The van der Waals surface area contributed by atoms with Gasteiger partial charge in [0.1, 0.15) is 0 Å². The molecule has 0 radical (unpaired) electrons. The minimum absolute atomic E-state index is 0. The van der Waals surface area contributed by atoms with E-state index < -0.39 is 0 Å². The van der Waals surface area contributed by atoms with Crippen molar-refractivity contribution in [3.63, 3.8) is 0 Å². The minimum Gasteiger partial charge on any atom is -0.512 e. The number of aliphatic hydroxyl groups excluding tert-OH is 2. The molecule has 0 heterocycles. The van der Waals surface area contributed by atoms with E-state index in [0.717, 1.165) is 49.5 Å². The highest BCUT2D eigenvalue weighted by Crippen LogP contribution is 2.48. The van der Waals surface area contributed by atoms with Gasteiger partial charge in [0.15, 0.2) is 0 Å². The first kappa shape index (κ1) is 97.9. The topological polar surface area (TPSA) is 49.7 Å². The van der Waals surface area contributed by atoms with Crippen LogP contribution in [0.25, 0.3) is 0 Å². The number of hydrogen-bond acceptors (Lipinski definition) is 3. The molecule has 0 amide bonds. The van der Waals surface area contributed by atoms with Gasteiger partial charge in [-0.1, -0.05) is 292 Å². The van der Waals surface area contributed by atoms with E-state index in [1.54, 1.807) is 11.1 Å². The van der Waals surface area contributed by atoms with Crippen molar-refractivity contribution in [2.24, 2.45) is 100 Å². The Morgan fingerprint density at radius 2 is 0.945 bits per heavy atom. The van der Waals surface area contributed by atoms with E-state index in [4.69, 9.17) is 4.74 Å². The van der Waals surface area contributed by atoms with Gasteiger partial charge in [0.25, 0.3) is 0 Å². The fraction of sp³-hybridized carbons (Fsp3) is 0.886. The summed E-state index contributed by atoms with van der Waals surface area (Å²) in [6, 6.07) is 0. The standard InChI is InChI=1S/C14H28O.C13H24.C13H26.C12H26O.2C12H24.C11H20O.CH4/c1-7-15-12-11-14(5,6)10-8-9-13(2,3)4;1-9-7-12(13(4,5)6)8-10(2)11(9)3;1-10-9-11(12(2,3)4)7-8-13(10,5)6;1-11(2,3)8-7-10(9-13)12(4,5)6;2*1-7-12(5,6)10-8-9-11(2,3)4;1-8-5-6-9(10(12)7-8)11(2,3)4;/h11-12H,7-10H2,1-6H3;9,12H,7-8H2,1-6H3;10-11H,7-9H2,1-6H3;10,13H,7-9H2,1-6H3;2*7H,1,8-10H2,2-6H3;8,12H,5-7H2,1-4H3;1H4/b12-11+;;;;;;;/t;9?,12-;10?,11-;;;;8-;/m.11...1./s1. The lowest BCUT2D eigenvalue weighted by Gasteiger charge is -2.45. The van der Waals surface area contributed by atoms with E-state index >= 15 is 0 Å². The first-order chi connectivity index (χ1) is 39.9. The molecule has 1 saturated carbocycles. The summed E-state index contributed by atoms with van der Waals surface area (Å²) in [4.78, 5) is 0. The van der Waals surface area contributed by atoms with Crippen LogP contribution in [0, 0.1) is 100 Å². The highest BCUT2D eigenvalue weighted by Gasteiger charge is 2.38. The molecule has 91 heavy (non-hydrogen) atoms. The maximum absolute atomic E-state index is 9.75. The molecule has 3 unspecified atom stereocenters. The quantitative estimate of drug-likeness (QED) is 0.113. The van der Waals surface area contributed by atoms with Crippen LogP contribution in [0.15, 0.2) is 60.1 Å². The Kier molecular flexibility index (Phi) is 45.4. The number of allylic oxidation sites excluding steroid dienone is 7. The van der Waals surface area contributed by atoms with E-state index in [1.165, 1.54) is 108 Å². The zero-order valence-corrected chi connectivity index (χ0v) is 69.3. The molecule has 3 heteroatoms. The lowest BCUT2D eigenvalue weighted by molar-refractivity contribution is 0.0578. The predicted octanol–water partition coefficient (Wildman–Crippen LogP) is 30.3. The van der Waals surface area contributed by atoms with Gasteiger partial charge in [0, 0.05) is 13.0 Å². The number of aliphatic hydroxyl groups is 2. The second-order valence-corrected chi connectivity index (χ2v) is 41.3. The second kappa shape index (κ2) is 42.2. The van der Waals surface area contributed by atoms with Crippen molar-refractivity contribution < 1.29 is 14.9 Å². The normalized spacial score (nSPS) is 20.8. The van der Waals surface area contributed by atoms with Crippen LogP contribution in [-0.4, -0.2) is 23.4 Å². The summed E-state index contributed by atoms with van der Waals surface area (Å²) in [6.07, 6.45) is 32.2. The van der Waals surface area contributed by atoms with Crippen molar-refractivity contribution in [1.29, 1.82) is 0 Å². The fourth-order valence-corrected chi connectivity index (χ4v) is 11.9. The summed E-state index contributed by atoms with van der Waals surface area (Å²) < 4.78 is 5.24. The maximum atomic E-state index is 9.75. The van der Waals surface area contributed by atoms with Crippen LogP contribution in [0.4, 0.5) is 0 Å². The third kappa shape index (κ3) is 53.1. The minimum atomic E-state index is 0. The average molecular weight is 1280 g/mol. The van der Waals surface area contributed by atoms with Crippen molar-refractivity contribution in [2.45, 2.75) is 393 Å². The largest absolute Gasteiger partial charge is 0.512 e. The molecular weight excluding hydrogens is 1100 g/mol. The van der Waals surface area contributed by atoms with Crippen molar-refractivity contribution in [1.82, 2.24) is 0 Å². The van der Waals surface area contributed by atoms with Gasteiger partial charge in [-0.2, -0.15) is 0 Å². The molecule has 0 bridgehead atoms. The summed E-state index contributed by atoms with van der Waals surface area (Å²) >= 11 is 0. The van der Waals surface area contributed by atoms with Crippen LogP contribution in [0.5, 0.6) is 0 Å². The molecule has 0 aromatic carbocycles. The predicted molar refractivity (Wildman–Crippen MR) is 419 cm³/mol. The Balaban J connectivity index is -0.000000316. The monoisotopic (exact) mass is 1280 g/mol. The van der Waals surface area contributed by atoms with Crippen LogP contribution in [0.3, 0.4) is 0 Å². The Morgan fingerprint density at radius 1 is 0.549 bits per heavy atom. The molecule has 0 aliphatic heterocycles. The van der Waals surface area contributed by atoms with Crippen molar-refractivity contribution in [3.05, 3.63) is 60.1 Å². The van der Waals surface area contributed by atoms with Crippen molar-refractivity contribution >= 4 is 0 Å². The van der Waals surface area contributed by atoms with E-state index in [-0.39, 0.29) is 23.7 Å². The number of ether oxygens (including phenoxy) is 1. The molecule has 546 valence electrons. The van der Waals surface area contributed by atoms with Crippen molar-refractivity contribution in [3.8, 4) is 0 Å². The summed E-state index contributed by atoms with van der Waals surface area (Å²) in [5.74, 6) is 5.27. The third-order valence-electron chi connectivity index (χ3n) is 20.7. The highest BCUT2D eigenvalue weighted by atomic mass is 16.5. The van der Waals surface area contributed by atoms with Gasteiger partial charge < -0.3 is 14.9 Å². The second-order valence-electron chi connectivity index (χ2n) is 41.3. The number of hydrogen-bond donors (Lipinski definition) is 2. The molecular formula is C88H176O3. The zero-order chi connectivity index (χ0) is 72.2. The maximum Gasteiger partial charge on any atom is 0.0922 e. The van der Waals surface area contributed by atoms with E-state index in [2.05, 4.69) is 288 Å². The summed E-state index contributed by atoms with van der Waals surface area (Å²) in [7, 11) is 0. The molecule has 1 fully saturated rings. The molecule has 0 aromatic heterocycles. The van der Waals surface area contributed by atoms with Crippen LogP contribution >= 0.6 is 0 Å². The Bertz CT molecular complexity index is 1950. The highest BCUT2D eigenvalue weighted by molar-refractivity contribution is 5.18. The first-order valence-electron chi connectivity index (χ1n) is 37.2. The molecule has 2 N–H and O–H groups in total. The molecule has 3 rings (SSSR count). The third-order valence-corrected chi connectivity index (χ3v) is 20.7. The van der Waals surface area contributed by atoms with Crippen LogP contribution in [0.1, 0.15) is 393 Å². The van der Waals surface area contributed by atoms with E-state index in [1.807, 2.05) is 13.2 Å². The van der Waals surface area contributed by atoms with Crippen LogP contribution in [-0.2, 0) is 4.74 Å². The number of rotatable bonds is 17. The van der Waals surface area contributed by atoms with Gasteiger partial charge in [-0.05, 0) is 229 Å². The Hall–Kier alpha value is -1.74. The molecule has 0 spiro atoms. The smallest absolute Gasteiger partial charge is 0.0922 e. The van der Waals surface area contributed by atoms with E-state index in [9.17, 15) is 10.2 Å². The molecule has 3 nitrogen and oxygen atoms in total. The SMILES string of the molecule is C.C=CC(C)(C)CCCC(C)(C)C.C=CC(C)(C)CCCC(C)(C)C.CC(C)(C)CCC(CO)C(C)(C)C.CC1=C(C)C(C)C[C@@H](C(C)(C)C)C1.CC1C[C@H](C(C)(C)C)CCC1(C)C.CCO/C=C/C(C)(C)CCCC(C)(C)C.C[C@@H]1CCC(C(C)(C)C)=C(O)C1. The molecule has 3 aliphatic carbocycles.